The van der Waals surface area contributed by atoms with Gasteiger partial charge in [0.25, 0.3) is 5.91 Å². The number of rotatable bonds is 4. The van der Waals surface area contributed by atoms with Gasteiger partial charge in [0.2, 0.25) is 10.0 Å². The minimum absolute atomic E-state index is 0.0224. The largest absolute Gasteiger partial charge is 0.507 e. The average molecular weight is 445 g/mol. The van der Waals surface area contributed by atoms with Crippen molar-refractivity contribution in [1.29, 1.82) is 0 Å². The second-order valence-electron chi connectivity index (χ2n) is 6.13. The second-order valence-corrected chi connectivity index (χ2v) is 8.82. The van der Waals surface area contributed by atoms with E-state index in [1.807, 2.05) is 0 Å². The highest BCUT2D eigenvalue weighted by Crippen LogP contribution is 2.31. The molecule has 0 aliphatic carbocycles. The van der Waals surface area contributed by atoms with Crippen LogP contribution in [0.15, 0.2) is 41.3 Å². The summed E-state index contributed by atoms with van der Waals surface area (Å²) < 4.78 is 32.0. The number of phenolic OH excluding ortho intramolecular Hbond substituents is 1. The number of phenols is 1. The van der Waals surface area contributed by atoms with Gasteiger partial charge in [-0.25, -0.2) is 8.42 Å². The standard InChI is InChI=1S/C18H18Cl2N2O5S/c1-27-12-5-6-13(15(23)11-12)18(24)21-7-9-22(10-8-21)28(25,26)16-4-2-3-14(19)17(16)20/h2-6,11,23H,7-10H2,1H3. The Hall–Kier alpha value is -2.00. The number of halogens is 2. The van der Waals surface area contributed by atoms with E-state index in [9.17, 15) is 18.3 Å². The molecule has 0 aromatic heterocycles. The van der Waals surface area contributed by atoms with Crippen LogP contribution in [0.1, 0.15) is 10.4 Å². The number of piperazine rings is 1. The number of sulfonamides is 1. The molecule has 2 aromatic carbocycles. The molecule has 1 heterocycles. The van der Waals surface area contributed by atoms with Crippen LogP contribution in [-0.4, -0.2) is 61.9 Å². The van der Waals surface area contributed by atoms with Gasteiger partial charge in [0.1, 0.15) is 16.4 Å². The smallest absolute Gasteiger partial charge is 0.257 e. The summed E-state index contributed by atoms with van der Waals surface area (Å²) in [7, 11) is -2.37. The van der Waals surface area contributed by atoms with Crippen molar-refractivity contribution in [3.05, 3.63) is 52.0 Å². The van der Waals surface area contributed by atoms with Gasteiger partial charge in [-0.2, -0.15) is 4.31 Å². The summed E-state index contributed by atoms with van der Waals surface area (Å²) in [6.45, 7) is 0.575. The van der Waals surface area contributed by atoms with Gasteiger partial charge in [-0.3, -0.25) is 4.79 Å². The van der Waals surface area contributed by atoms with E-state index in [1.165, 1.54) is 46.6 Å². The molecule has 1 aliphatic rings. The normalized spacial score (nSPS) is 15.5. The van der Waals surface area contributed by atoms with Crippen molar-refractivity contribution in [2.45, 2.75) is 4.90 Å². The van der Waals surface area contributed by atoms with Crippen molar-refractivity contribution in [1.82, 2.24) is 9.21 Å². The zero-order chi connectivity index (χ0) is 20.5. The lowest BCUT2D eigenvalue weighted by Crippen LogP contribution is -2.50. The summed E-state index contributed by atoms with van der Waals surface area (Å²) in [6.07, 6.45) is 0. The first-order valence-electron chi connectivity index (χ1n) is 8.36. The van der Waals surface area contributed by atoms with Crippen LogP contribution in [0.4, 0.5) is 0 Å². The molecule has 150 valence electrons. The van der Waals surface area contributed by atoms with Gasteiger partial charge in [0.05, 0.1) is 22.7 Å². The fourth-order valence-corrected chi connectivity index (χ4v) is 5.10. The maximum absolute atomic E-state index is 12.9. The predicted molar refractivity (Wildman–Crippen MR) is 106 cm³/mol. The number of ether oxygens (including phenoxy) is 1. The molecule has 1 fully saturated rings. The first kappa shape index (κ1) is 20.7. The predicted octanol–water partition coefficient (Wildman–Crippen LogP) is 2.85. The summed E-state index contributed by atoms with van der Waals surface area (Å²) >= 11 is 12.0. The van der Waals surface area contributed by atoms with Crippen molar-refractivity contribution in [2.24, 2.45) is 0 Å². The SMILES string of the molecule is COc1ccc(C(=O)N2CCN(S(=O)(=O)c3cccc(Cl)c3Cl)CC2)c(O)c1. The van der Waals surface area contributed by atoms with Gasteiger partial charge >= 0.3 is 0 Å². The van der Waals surface area contributed by atoms with Crippen LogP contribution in [0.2, 0.25) is 10.0 Å². The summed E-state index contributed by atoms with van der Waals surface area (Å²) in [5, 5.41) is 10.2. The molecule has 1 aliphatic heterocycles. The molecule has 0 radical (unpaired) electrons. The van der Waals surface area contributed by atoms with E-state index in [1.54, 1.807) is 6.07 Å². The van der Waals surface area contributed by atoms with Crippen molar-refractivity contribution in [3.63, 3.8) is 0 Å². The van der Waals surface area contributed by atoms with Crippen LogP contribution in [-0.2, 0) is 10.0 Å². The van der Waals surface area contributed by atoms with Crippen molar-refractivity contribution < 1.29 is 23.1 Å². The highest BCUT2D eigenvalue weighted by Gasteiger charge is 2.32. The zero-order valence-corrected chi connectivity index (χ0v) is 17.3. The number of hydrogen-bond donors (Lipinski definition) is 1. The quantitative estimate of drug-likeness (QED) is 0.782. The minimum atomic E-state index is -3.83. The monoisotopic (exact) mass is 444 g/mol. The third kappa shape index (κ3) is 3.91. The van der Waals surface area contributed by atoms with E-state index in [4.69, 9.17) is 27.9 Å². The highest BCUT2D eigenvalue weighted by atomic mass is 35.5. The topological polar surface area (TPSA) is 87.2 Å². The Morgan fingerprint density at radius 1 is 1.11 bits per heavy atom. The van der Waals surface area contributed by atoms with Gasteiger partial charge < -0.3 is 14.7 Å². The van der Waals surface area contributed by atoms with Crippen LogP contribution in [0, 0.1) is 0 Å². The Morgan fingerprint density at radius 2 is 1.79 bits per heavy atom. The Kier molecular flexibility index (Phi) is 6.04. The molecule has 0 atom stereocenters. The molecule has 1 N–H and O–H groups in total. The molecule has 1 amide bonds. The molecule has 0 bridgehead atoms. The number of carbonyl (C=O) groups excluding carboxylic acids is 1. The fourth-order valence-electron chi connectivity index (χ4n) is 2.94. The zero-order valence-electron chi connectivity index (χ0n) is 14.9. The maximum atomic E-state index is 12.9. The van der Waals surface area contributed by atoms with Gasteiger partial charge in [-0.1, -0.05) is 29.3 Å². The molecule has 1 saturated heterocycles. The number of hydrogen-bond acceptors (Lipinski definition) is 5. The van der Waals surface area contributed by atoms with Gasteiger partial charge in [-0.15, -0.1) is 0 Å². The minimum Gasteiger partial charge on any atom is -0.507 e. The van der Waals surface area contributed by atoms with Crippen molar-refractivity contribution in [3.8, 4) is 11.5 Å². The van der Waals surface area contributed by atoms with Crippen molar-refractivity contribution >= 4 is 39.1 Å². The number of aromatic hydroxyl groups is 1. The van der Waals surface area contributed by atoms with Crippen LogP contribution in [0.25, 0.3) is 0 Å². The van der Waals surface area contributed by atoms with Gasteiger partial charge in [-0.05, 0) is 24.3 Å². The Balaban J connectivity index is 1.74. The molecule has 0 unspecified atom stereocenters. The molecule has 0 saturated carbocycles. The Labute approximate surface area is 173 Å². The van der Waals surface area contributed by atoms with Crippen LogP contribution < -0.4 is 4.74 Å². The number of methoxy groups -OCH3 is 1. The molecular weight excluding hydrogens is 427 g/mol. The lowest BCUT2D eigenvalue weighted by molar-refractivity contribution is 0.0695. The van der Waals surface area contributed by atoms with Gasteiger partial charge in [0, 0.05) is 32.2 Å². The molecule has 10 heteroatoms. The average Bonchev–Trinajstić information content (AvgIpc) is 2.69. The third-order valence-corrected chi connectivity index (χ3v) is 7.37. The fraction of sp³-hybridized carbons (Fsp3) is 0.278. The molecule has 2 aromatic rings. The third-order valence-electron chi connectivity index (χ3n) is 4.50. The van der Waals surface area contributed by atoms with E-state index in [0.29, 0.717) is 5.75 Å². The van der Waals surface area contributed by atoms with Gasteiger partial charge in [0.15, 0.2) is 0 Å². The van der Waals surface area contributed by atoms with E-state index in [0.717, 1.165) is 0 Å². The second kappa shape index (κ2) is 8.16. The number of carbonyl (C=O) groups is 1. The number of amides is 1. The molecule has 3 rings (SSSR count). The highest BCUT2D eigenvalue weighted by molar-refractivity contribution is 7.89. The van der Waals surface area contributed by atoms with E-state index in [-0.39, 0.29) is 58.3 Å². The summed E-state index contributed by atoms with van der Waals surface area (Å²) in [6, 6.07) is 8.85. The first-order chi connectivity index (χ1) is 13.3. The van der Waals surface area contributed by atoms with E-state index >= 15 is 0 Å². The van der Waals surface area contributed by atoms with Crippen LogP contribution >= 0.6 is 23.2 Å². The van der Waals surface area contributed by atoms with Crippen LogP contribution in [0.3, 0.4) is 0 Å². The number of nitrogens with zero attached hydrogens (tertiary/aromatic N) is 2. The molecule has 28 heavy (non-hydrogen) atoms. The Morgan fingerprint density at radius 3 is 2.39 bits per heavy atom. The number of benzene rings is 2. The Bertz CT molecular complexity index is 1010. The molecular formula is C18H18Cl2N2O5S. The van der Waals surface area contributed by atoms with Crippen molar-refractivity contribution in [2.75, 3.05) is 33.3 Å². The molecule has 7 nitrogen and oxygen atoms in total. The van der Waals surface area contributed by atoms with Crippen LogP contribution in [0.5, 0.6) is 11.5 Å². The van der Waals surface area contributed by atoms with E-state index < -0.39 is 10.0 Å². The summed E-state index contributed by atoms with van der Waals surface area (Å²) in [5.74, 6) is -0.133. The first-order valence-corrected chi connectivity index (χ1v) is 10.6. The van der Waals surface area contributed by atoms with E-state index in [2.05, 4.69) is 0 Å². The maximum Gasteiger partial charge on any atom is 0.257 e. The molecule has 0 spiro atoms. The lowest BCUT2D eigenvalue weighted by Gasteiger charge is -2.34. The summed E-state index contributed by atoms with van der Waals surface area (Å²) in [4.78, 5) is 14.1. The lowest BCUT2D eigenvalue weighted by atomic mass is 10.1. The summed E-state index contributed by atoms with van der Waals surface area (Å²) in [5.41, 5.74) is 0.134.